The molecule has 0 unspecified atom stereocenters. The van der Waals surface area contributed by atoms with Crippen LogP contribution in [0.2, 0.25) is 0 Å². The number of rotatable bonds is 3. The smallest absolute Gasteiger partial charge is 0.321 e. The minimum Gasteiger partial charge on any atom is -0.323 e. The van der Waals surface area contributed by atoms with E-state index in [4.69, 9.17) is 0 Å². The van der Waals surface area contributed by atoms with Gasteiger partial charge >= 0.3 is 6.03 Å². The first-order valence-corrected chi connectivity index (χ1v) is 8.60. The molecular weight excluding hydrogens is 298 g/mol. The Morgan fingerprint density at radius 1 is 1.04 bits per heavy atom. The SMILES string of the molecule is Cc1ccccc1CN1C[C@H]2CN(C(=O)Nc3ccccc3)C[C@H]21. The van der Waals surface area contributed by atoms with Crippen LogP contribution in [-0.2, 0) is 6.54 Å². The number of aryl methyl sites for hydroxylation is 1. The van der Waals surface area contributed by atoms with Gasteiger partial charge in [0, 0.05) is 43.8 Å². The van der Waals surface area contributed by atoms with Gasteiger partial charge in [-0.15, -0.1) is 0 Å². The Labute approximate surface area is 143 Å². The molecule has 2 aliphatic rings. The number of fused-ring (bicyclic) bond motifs is 1. The van der Waals surface area contributed by atoms with Crippen LogP contribution in [0.5, 0.6) is 0 Å². The van der Waals surface area contributed by atoms with Crippen molar-refractivity contribution >= 4 is 11.7 Å². The number of nitrogens with one attached hydrogen (secondary N) is 1. The molecule has 24 heavy (non-hydrogen) atoms. The second-order valence-electron chi connectivity index (χ2n) is 6.88. The molecule has 2 amide bonds. The lowest BCUT2D eigenvalue weighted by Crippen LogP contribution is -2.54. The normalized spacial score (nSPS) is 22.8. The number of likely N-dealkylation sites (tertiary alicyclic amines) is 2. The lowest BCUT2D eigenvalue weighted by molar-refractivity contribution is 0.0433. The Morgan fingerprint density at radius 3 is 2.58 bits per heavy atom. The summed E-state index contributed by atoms with van der Waals surface area (Å²) in [5, 5.41) is 2.99. The maximum atomic E-state index is 12.4. The van der Waals surface area contributed by atoms with Crippen LogP contribution >= 0.6 is 0 Å². The largest absolute Gasteiger partial charge is 0.323 e. The number of carbonyl (C=O) groups excluding carboxylic acids is 1. The van der Waals surface area contributed by atoms with E-state index in [1.807, 2.05) is 35.2 Å². The van der Waals surface area contributed by atoms with Gasteiger partial charge in [-0.25, -0.2) is 4.79 Å². The summed E-state index contributed by atoms with van der Waals surface area (Å²) in [5.41, 5.74) is 3.60. The van der Waals surface area contributed by atoms with Crippen molar-refractivity contribution in [1.29, 1.82) is 0 Å². The second kappa shape index (κ2) is 6.29. The fourth-order valence-corrected chi connectivity index (χ4v) is 3.82. The van der Waals surface area contributed by atoms with Gasteiger partial charge in [0.1, 0.15) is 0 Å². The van der Waals surface area contributed by atoms with E-state index in [1.165, 1.54) is 11.1 Å². The summed E-state index contributed by atoms with van der Waals surface area (Å²) in [7, 11) is 0. The Morgan fingerprint density at radius 2 is 1.79 bits per heavy atom. The Bertz CT molecular complexity index is 731. The minimum atomic E-state index is 0.0199. The molecule has 0 aromatic heterocycles. The van der Waals surface area contributed by atoms with Gasteiger partial charge in [-0.2, -0.15) is 0 Å². The molecule has 2 saturated heterocycles. The zero-order valence-corrected chi connectivity index (χ0v) is 14.0. The van der Waals surface area contributed by atoms with Crippen LogP contribution in [0, 0.1) is 12.8 Å². The van der Waals surface area contributed by atoms with E-state index in [-0.39, 0.29) is 6.03 Å². The summed E-state index contributed by atoms with van der Waals surface area (Å²) in [6.45, 7) is 5.94. The zero-order valence-electron chi connectivity index (χ0n) is 14.0. The number of para-hydroxylation sites is 1. The fraction of sp³-hybridized carbons (Fsp3) is 0.350. The molecule has 0 saturated carbocycles. The van der Waals surface area contributed by atoms with E-state index in [2.05, 4.69) is 41.4 Å². The van der Waals surface area contributed by atoms with Crippen molar-refractivity contribution in [1.82, 2.24) is 9.80 Å². The lowest BCUT2D eigenvalue weighted by Gasteiger charge is -2.43. The molecule has 1 N–H and O–H groups in total. The van der Waals surface area contributed by atoms with Crippen molar-refractivity contribution in [2.75, 3.05) is 25.0 Å². The van der Waals surface area contributed by atoms with Crippen LogP contribution in [0.25, 0.3) is 0 Å². The third-order valence-corrected chi connectivity index (χ3v) is 5.29. The highest BCUT2D eigenvalue weighted by Crippen LogP contribution is 2.34. The van der Waals surface area contributed by atoms with Crippen LogP contribution in [0.4, 0.5) is 10.5 Å². The summed E-state index contributed by atoms with van der Waals surface area (Å²) < 4.78 is 0. The van der Waals surface area contributed by atoms with Gasteiger partial charge in [-0.05, 0) is 30.2 Å². The number of urea groups is 1. The van der Waals surface area contributed by atoms with Crippen molar-refractivity contribution in [3.05, 3.63) is 65.7 Å². The van der Waals surface area contributed by atoms with Crippen LogP contribution in [0.3, 0.4) is 0 Å². The molecule has 0 spiro atoms. The zero-order chi connectivity index (χ0) is 16.5. The Hall–Kier alpha value is -2.33. The Kier molecular flexibility index (Phi) is 3.98. The van der Waals surface area contributed by atoms with Gasteiger partial charge in [0.25, 0.3) is 0 Å². The topological polar surface area (TPSA) is 35.6 Å². The van der Waals surface area contributed by atoms with Crippen LogP contribution in [0.1, 0.15) is 11.1 Å². The molecule has 2 aliphatic heterocycles. The van der Waals surface area contributed by atoms with Crippen molar-refractivity contribution in [2.24, 2.45) is 5.92 Å². The van der Waals surface area contributed by atoms with E-state index >= 15 is 0 Å². The predicted molar refractivity (Wildman–Crippen MR) is 95.9 cm³/mol. The maximum absolute atomic E-state index is 12.4. The number of anilines is 1. The molecule has 124 valence electrons. The molecule has 0 aliphatic carbocycles. The highest BCUT2D eigenvalue weighted by Gasteiger charge is 2.46. The standard InChI is InChI=1S/C20H23N3O/c1-15-7-5-6-8-16(15)11-22-12-17-13-23(14-19(17)22)20(24)21-18-9-3-2-4-10-18/h2-10,17,19H,11-14H2,1H3,(H,21,24)/t17-,19+/m0/s1. The van der Waals surface area contributed by atoms with E-state index < -0.39 is 0 Å². The van der Waals surface area contributed by atoms with Crippen molar-refractivity contribution in [3.63, 3.8) is 0 Å². The van der Waals surface area contributed by atoms with Crippen LogP contribution < -0.4 is 5.32 Å². The second-order valence-corrected chi connectivity index (χ2v) is 6.88. The number of carbonyl (C=O) groups is 1. The van der Waals surface area contributed by atoms with Crippen LogP contribution in [0.15, 0.2) is 54.6 Å². The quantitative estimate of drug-likeness (QED) is 0.941. The monoisotopic (exact) mass is 321 g/mol. The van der Waals surface area contributed by atoms with Gasteiger partial charge in [0.05, 0.1) is 0 Å². The van der Waals surface area contributed by atoms with Gasteiger partial charge in [-0.3, -0.25) is 4.90 Å². The molecule has 2 aromatic carbocycles. The number of nitrogens with zero attached hydrogens (tertiary/aromatic N) is 2. The third kappa shape index (κ3) is 2.89. The van der Waals surface area contributed by atoms with E-state index in [0.717, 1.165) is 31.9 Å². The molecule has 2 aromatic rings. The molecule has 4 nitrogen and oxygen atoms in total. The van der Waals surface area contributed by atoms with E-state index in [0.29, 0.717) is 12.0 Å². The number of amides is 2. The van der Waals surface area contributed by atoms with Gasteiger partial charge in [0.15, 0.2) is 0 Å². The molecular formula is C20H23N3O. The molecule has 0 bridgehead atoms. The molecule has 2 fully saturated rings. The molecule has 4 rings (SSSR count). The predicted octanol–water partition coefficient (Wildman–Crippen LogP) is 3.34. The van der Waals surface area contributed by atoms with Crippen molar-refractivity contribution in [2.45, 2.75) is 19.5 Å². The van der Waals surface area contributed by atoms with E-state index in [1.54, 1.807) is 0 Å². The first-order valence-electron chi connectivity index (χ1n) is 8.60. The maximum Gasteiger partial charge on any atom is 0.321 e. The van der Waals surface area contributed by atoms with Gasteiger partial charge < -0.3 is 10.2 Å². The number of benzene rings is 2. The summed E-state index contributed by atoms with van der Waals surface area (Å²) in [5.74, 6) is 0.621. The molecule has 2 atom stereocenters. The average Bonchev–Trinajstić information content (AvgIpc) is 2.92. The summed E-state index contributed by atoms with van der Waals surface area (Å²) in [4.78, 5) is 16.9. The number of hydrogen-bond acceptors (Lipinski definition) is 2. The van der Waals surface area contributed by atoms with Crippen molar-refractivity contribution in [3.8, 4) is 0 Å². The summed E-state index contributed by atoms with van der Waals surface area (Å²) in [6, 6.07) is 18.8. The summed E-state index contributed by atoms with van der Waals surface area (Å²) in [6.07, 6.45) is 0. The Balaban J connectivity index is 1.35. The average molecular weight is 321 g/mol. The van der Waals surface area contributed by atoms with E-state index in [9.17, 15) is 4.79 Å². The highest BCUT2D eigenvalue weighted by molar-refractivity contribution is 5.89. The minimum absolute atomic E-state index is 0.0199. The number of hydrogen-bond donors (Lipinski definition) is 1. The highest BCUT2D eigenvalue weighted by atomic mass is 16.2. The van der Waals surface area contributed by atoms with Crippen LogP contribution in [-0.4, -0.2) is 41.5 Å². The summed E-state index contributed by atoms with van der Waals surface area (Å²) >= 11 is 0. The first-order chi connectivity index (χ1) is 11.7. The fourth-order valence-electron chi connectivity index (χ4n) is 3.82. The molecule has 4 heteroatoms. The first kappa shape index (κ1) is 15.2. The lowest BCUT2D eigenvalue weighted by atomic mass is 9.91. The molecule has 0 radical (unpaired) electrons. The van der Waals surface area contributed by atoms with Gasteiger partial charge in [-0.1, -0.05) is 42.5 Å². The van der Waals surface area contributed by atoms with Gasteiger partial charge in [0.2, 0.25) is 0 Å². The van der Waals surface area contributed by atoms with Crippen molar-refractivity contribution < 1.29 is 4.79 Å². The third-order valence-electron chi connectivity index (χ3n) is 5.29. The molecule has 2 heterocycles.